The number of likely N-dealkylation sites (N-methyl/N-ethyl adjacent to an activating group) is 1. The third-order valence-electron chi connectivity index (χ3n) is 5.76. The van der Waals surface area contributed by atoms with Gasteiger partial charge >= 0.3 is 5.97 Å². The van der Waals surface area contributed by atoms with Crippen LogP contribution in [0.3, 0.4) is 0 Å². The van der Waals surface area contributed by atoms with Crippen LogP contribution in [0.2, 0.25) is 0 Å². The van der Waals surface area contributed by atoms with Gasteiger partial charge in [0.2, 0.25) is 0 Å². The first-order chi connectivity index (χ1) is 11.6. The van der Waals surface area contributed by atoms with E-state index >= 15 is 0 Å². The van der Waals surface area contributed by atoms with Crippen molar-refractivity contribution in [3.05, 3.63) is 36.4 Å². The van der Waals surface area contributed by atoms with E-state index in [1.165, 1.54) is 0 Å². The second kappa shape index (κ2) is 5.74. The fourth-order valence-electron chi connectivity index (χ4n) is 4.35. The highest BCUT2D eigenvalue weighted by Gasteiger charge is 2.46. The Balaban J connectivity index is 1.48. The monoisotopic (exact) mass is 325 g/mol. The molecule has 1 aromatic carbocycles. The van der Waals surface area contributed by atoms with Gasteiger partial charge in [0.25, 0.3) is 0 Å². The number of rotatable bonds is 2. The maximum absolute atomic E-state index is 11.4. The molecule has 0 radical (unpaired) electrons. The standard InChI is InChI=1S/C19H23N3O2/c1-21-13-19(12-16(21)18(23)24)8-10-22(11-9-19)17-7-6-14-4-2-3-5-15(14)20-17/h2-7,16H,8-13H2,1H3,(H,23,24). The predicted molar refractivity (Wildman–Crippen MR) is 94.3 cm³/mol. The van der Waals surface area contributed by atoms with Gasteiger partial charge < -0.3 is 10.0 Å². The van der Waals surface area contributed by atoms with Crippen LogP contribution in [0.15, 0.2) is 36.4 Å². The lowest BCUT2D eigenvalue weighted by Crippen LogP contribution is -2.41. The quantitative estimate of drug-likeness (QED) is 0.920. The number of pyridine rings is 1. The summed E-state index contributed by atoms with van der Waals surface area (Å²) < 4.78 is 0. The Labute approximate surface area is 141 Å². The molecule has 24 heavy (non-hydrogen) atoms. The number of aliphatic carboxylic acids is 1. The molecular weight excluding hydrogens is 302 g/mol. The van der Waals surface area contributed by atoms with Gasteiger partial charge in [0, 0.05) is 25.0 Å². The van der Waals surface area contributed by atoms with Gasteiger partial charge in [-0.25, -0.2) is 4.98 Å². The van der Waals surface area contributed by atoms with Gasteiger partial charge in [-0.15, -0.1) is 0 Å². The summed E-state index contributed by atoms with van der Waals surface area (Å²) in [5.74, 6) is 0.345. The molecule has 2 aliphatic rings. The van der Waals surface area contributed by atoms with Crippen molar-refractivity contribution < 1.29 is 9.90 Å². The molecule has 1 spiro atoms. The van der Waals surface area contributed by atoms with E-state index in [-0.39, 0.29) is 11.5 Å². The number of carbonyl (C=O) groups is 1. The molecule has 5 heteroatoms. The van der Waals surface area contributed by atoms with Crippen molar-refractivity contribution in [2.45, 2.75) is 25.3 Å². The zero-order chi connectivity index (χ0) is 16.7. The highest BCUT2D eigenvalue weighted by molar-refractivity contribution is 5.80. The molecule has 0 saturated carbocycles. The van der Waals surface area contributed by atoms with E-state index in [2.05, 4.69) is 23.1 Å². The van der Waals surface area contributed by atoms with Crippen LogP contribution >= 0.6 is 0 Å². The molecule has 1 unspecified atom stereocenters. The van der Waals surface area contributed by atoms with Gasteiger partial charge in [-0.1, -0.05) is 18.2 Å². The Kier molecular flexibility index (Phi) is 3.68. The van der Waals surface area contributed by atoms with Crippen molar-refractivity contribution >= 4 is 22.7 Å². The average molecular weight is 325 g/mol. The summed E-state index contributed by atoms with van der Waals surface area (Å²) in [6, 6.07) is 12.1. The third-order valence-corrected chi connectivity index (χ3v) is 5.76. The van der Waals surface area contributed by atoms with Gasteiger partial charge in [-0.2, -0.15) is 0 Å². The van der Waals surface area contributed by atoms with Crippen LogP contribution in [0.25, 0.3) is 10.9 Å². The van der Waals surface area contributed by atoms with Gasteiger partial charge in [0.05, 0.1) is 5.52 Å². The van der Waals surface area contributed by atoms with Crippen LogP contribution in [0.5, 0.6) is 0 Å². The molecule has 2 fully saturated rings. The van der Waals surface area contributed by atoms with Crippen LogP contribution < -0.4 is 4.90 Å². The van der Waals surface area contributed by atoms with Crippen molar-refractivity contribution in [3.63, 3.8) is 0 Å². The van der Waals surface area contributed by atoms with Crippen molar-refractivity contribution in [1.29, 1.82) is 0 Å². The molecule has 1 atom stereocenters. The number of piperidine rings is 1. The van der Waals surface area contributed by atoms with Crippen molar-refractivity contribution in [1.82, 2.24) is 9.88 Å². The average Bonchev–Trinajstić information content (AvgIpc) is 2.91. The molecule has 5 nitrogen and oxygen atoms in total. The Morgan fingerprint density at radius 3 is 2.67 bits per heavy atom. The Bertz CT molecular complexity index is 768. The van der Waals surface area contributed by atoms with Crippen molar-refractivity contribution in [2.24, 2.45) is 5.41 Å². The van der Waals surface area contributed by atoms with Gasteiger partial charge in [0.15, 0.2) is 0 Å². The molecule has 2 aromatic rings. The summed E-state index contributed by atoms with van der Waals surface area (Å²) >= 11 is 0. The molecular formula is C19H23N3O2. The molecule has 1 aromatic heterocycles. The first-order valence-corrected chi connectivity index (χ1v) is 8.60. The minimum absolute atomic E-state index is 0.158. The molecule has 3 heterocycles. The number of hydrogen-bond donors (Lipinski definition) is 1. The number of likely N-dealkylation sites (tertiary alicyclic amines) is 1. The fourth-order valence-corrected chi connectivity index (χ4v) is 4.35. The minimum atomic E-state index is -0.687. The van der Waals surface area contributed by atoms with E-state index in [0.29, 0.717) is 0 Å². The summed E-state index contributed by atoms with van der Waals surface area (Å²) in [7, 11) is 1.94. The van der Waals surface area contributed by atoms with E-state index in [1.54, 1.807) is 0 Å². The smallest absolute Gasteiger partial charge is 0.320 e. The lowest BCUT2D eigenvalue weighted by Gasteiger charge is -2.39. The lowest BCUT2D eigenvalue weighted by atomic mass is 9.76. The highest BCUT2D eigenvalue weighted by Crippen LogP contribution is 2.43. The van der Waals surface area contributed by atoms with Gasteiger partial charge in [-0.3, -0.25) is 9.69 Å². The van der Waals surface area contributed by atoms with Gasteiger partial charge in [-0.05, 0) is 49.9 Å². The van der Waals surface area contributed by atoms with Crippen LogP contribution in [0, 0.1) is 5.41 Å². The molecule has 126 valence electrons. The number of benzene rings is 1. The summed E-state index contributed by atoms with van der Waals surface area (Å²) in [6.07, 6.45) is 2.85. The third kappa shape index (κ3) is 2.63. The highest BCUT2D eigenvalue weighted by atomic mass is 16.4. The number of carboxylic acids is 1. The predicted octanol–water partition coefficient (Wildman–Crippen LogP) is 2.61. The second-order valence-electron chi connectivity index (χ2n) is 7.32. The number of nitrogens with zero attached hydrogens (tertiary/aromatic N) is 3. The zero-order valence-electron chi connectivity index (χ0n) is 14.0. The Morgan fingerprint density at radius 2 is 1.96 bits per heavy atom. The molecule has 2 saturated heterocycles. The van der Waals surface area contributed by atoms with Crippen LogP contribution in [0.4, 0.5) is 5.82 Å². The number of carboxylic acid groups (broad SMARTS) is 1. The van der Waals surface area contributed by atoms with Crippen LogP contribution in [-0.2, 0) is 4.79 Å². The molecule has 0 aliphatic carbocycles. The molecule has 1 N–H and O–H groups in total. The topological polar surface area (TPSA) is 56.7 Å². The maximum Gasteiger partial charge on any atom is 0.320 e. The number of anilines is 1. The van der Waals surface area contributed by atoms with E-state index in [1.807, 2.05) is 30.1 Å². The van der Waals surface area contributed by atoms with E-state index in [0.717, 1.165) is 55.6 Å². The Hall–Kier alpha value is -2.14. The normalized spacial score (nSPS) is 23.9. The SMILES string of the molecule is CN1CC2(CCN(c3ccc4ccccc4n3)CC2)CC1C(=O)O. The molecule has 0 bridgehead atoms. The molecule has 2 aliphatic heterocycles. The van der Waals surface area contributed by atoms with Crippen LogP contribution in [-0.4, -0.2) is 53.7 Å². The lowest BCUT2D eigenvalue weighted by molar-refractivity contribution is -0.141. The first-order valence-electron chi connectivity index (χ1n) is 8.60. The van der Waals surface area contributed by atoms with Crippen LogP contribution in [0.1, 0.15) is 19.3 Å². The fraction of sp³-hybridized carbons (Fsp3) is 0.474. The summed E-state index contributed by atoms with van der Waals surface area (Å²) in [4.78, 5) is 20.5. The molecule has 4 rings (SSSR count). The van der Waals surface area contributed by atoms with E-state index < -0.39 is 5.97 Å². The second-order valence-corrected chi connectivity index (χ2v) is 7.32. The van der Waals surface area contributed by atoms with E-state index in [9.17, 15) is 9.90 Å². The largest absolute Gasteiger partial charge is 0.480 e. The van der Waals surface area contributed by atoms with E-state index in [4.69, 9.17) is 4.98 Å². The zero-order valence-corrected chi connectivity index (χ0v) is 14.0. The number of fused-ring (bicyclic) bond motifs is 1. The number of hydrogen-bond acceptors (Lipinski definition) is 4. The summed E-state index contributed by atoms with van der Waals surface area (Å²) in [5.41, 5.74) is 1.19. The summed E-state index contributed by atoms with van der Waals surface area (Å²) in [6.45, 7) is 2.79. The minimum Gasteiger partial charge on any atom is -0.480 e. The number of para-hydroxylation sites is 1. The van der Waals surface area contributed by atoms with Gasteiger partial charge in [0.1, 0.15) is 11.9 Å². The number of aromatic nitrogens is 1. The maximum atomic E-state index is 11.4. The molecule has 0 amide bonds. The van der Waals surface area contributed by atoms with Crippen molar-refractivity contribution in [2.75, 3.05) is 31.6 Å². The summed E-state index contributed by atoms with van der Waals surface area (Å²) in [5, 5.41) is 10.5. The Morgan fingerprint density at radius 1 is 1.21 bits per heavy atom. The first kappa shape index (κ1) is 15.4. The van der Waals surface area contributed by atoms with Crippen molar-refractivity contribution in [3.8, 4) is 0 Å².